The fourth-order valence-corrected chi connectivity index (χ4v) is 15.9. The summed E-state index contributed by atoms with van der Waals surface area (Å²) in [6.45, 7) is 10.2. The summed E-state index contributed by atoms with van der Waals surface area (Å²) in [5.74, 6) is 6.86. The monoisotopic (exact) mass is 650 g/mol. The Morgan fingerprint density at radius 3 is 1.74 bits per heavy atom. The van der Waals surface area contributed by atoms with Crippen molar-refractivity contribution < 1.29 is 12.8 Å². The molecule has 46 heavy (non-hydrogen) atoms. The van der Waals surface area contributed by atoms with Gasteiger partial charge in [0.25, 0.3) is 8.32 Å². The second kappa shape index (κ2) is 11.3. The van der Waals surface area contributed by atoms with Crippen molar-refractivity contribution in [2.75, 3.05) is 6.61 Å². The summed E-state index contributed by atoms with van der Waals surface area (Å²) in [4.78, 5) is 1.18. The fraction of sp³-hybridized carbons (Fsp3) is 0.512. The number of hydrogen-bond acceptors (Lipinski definition) is 3. The van der Waals surface area contributed by atoms with Gasteiger partial charge in [0.2, 0.25) is 9.84 Å². The molecule has 8 rings (SSSR count). The van der Waals surface area contributed by atoms with Crippen molar-refractivity contribution in [3.05, 3.63) is 102 Å². The van der Waals surface area contributed by atoms with Gasteiger partial charge in [0, 0.05) is 11.5 Å². The minimum absolute atomic E-state index is 0.0243. The summed E-state index contributed by atoms with van der Waals surface area (Å²) < 4.78 is 34.5. The number of allylic oxidation sites excluding steroid dienone is 2. The van der Waals surface area contributed by atoms with Crippen LogP contribution in [0.3, 0.4) is 0 Å². The van der Waals surface area contributed by atoms with E-state index < -0.39 is 18.2 Å². The van der Waals surface area contributed by atoms with E-state index in [0.717, 1.165) is 47.5 Å². The fourth-order valence-electron chi connectivity index (χ4n) is 9.42. The molecule has 5 aliphatic carbocycles. The largest absolute Gasteiger partial charge is 0.407 e. The highest BCUT2D eigenvalue weighted by atomic mass is 32.2. The van der Waals surface area contributed by atoms with Crippen LogP contribution < -0.4 is 10.4 Å². The highest BCUT2D eigenvalue weighted by molar-refractivity contribution is 7.95. The van der Waals surface area contributed by atoms with Gasteiger partial charge < -0.3 is 4.43 Å². The lowest BCUT2D eigenvalue weighted by atomic mass is 10.1. The molecule has 242 valence electrons. The molecule has 0 N–H and O–H groups in total. The molecule has 0 saturated heterocycles. The predicted molar refractivity (Wildman–Crippen MR) is 189 cm³/mol. The minimum Gasteiger partial charge on any atom is -0.407 e. The third-order valence-corrected chi connectivity index (χ3v) is 19.4. The lowest BCUT2D eigenvalue weighted by Crippen LogP contribution is -2.66. The highest BCUT2D eigenvalue weighted by Crippen LogP contribution is 2.70. The molecule has 3 nitrogen and oxygen atoms in total. The van der Waals surface area contributed by atoms with E-state index in [-0.39, 0.29) is 11.0 Å². The lowest BCUT2D eigenvalue weighted by molar-refractivity contribution is 0.270. The van der Waals surface area contributed by atoms with Gasteiger partial charge in [0.05, 0.1) is 4.90 Å². The number of hydrogen-bond donors (Lipinski definition) is 0. The summed E-state index contributed by atoms with van der Waals surface area (Å²) in [7, 11) is -5.87. The third-order valence-electron chi connectivity index (χ3n) is 12.4. The van der Waals surface area contributed by atoms with E-state index in [9.17, 15) is 8.42 Å². The zero-order valence-corrected chi connectivity index (χ0v) is 29.7. The summed E-state index contributed by atoms with van der Waals surface area (Å²) >= 11 is 0. The first kappa shape index (κ1) is 30.8. The molecule has 5 heteroatoms. The van der Waals surface area contributed by atoms with Crippen molar-refractivity contribution in [1.82, 2.24) is 0 Å². The summed E-state index contributed by atoms with van der Waals surface area (Å²) in [6, 6.07) is 31.2. The van der Waals surface area contributed by atoms with E-state index in [0.29, 0.717) is 28.6 Å². The topological polar surface area (TPSA) is 43.4 Å². The molecule has 0 aliphatic heterocycles. The second-order valence-electron chi connectivity index (χ2n) is 16.5. The Bertz CT molecular complexity index is 1660. The van der Waals surface area contributed by atoms with Crippen LogP contribution in [0.4, 0.5) is 0 Å². The normalized spacial score (nSPS) is 35.0. The molecule has 0 unspecified atom stereocenters. The van der Waals surface area contributed by atoms with Crippen molar-refractivity contribution in [2.45, 2.75) is 69.7 Å². The molecule has 0 bridgehead atoms. The van der Waals surface area contributed by atoms with E-state index >= 15 is 0 Å². The molecule has 3 aromatic rings. The van der Waals surface area contributed by atoms with Crippen LogP contribution >= 0.6 is 0 Å². The Labute approximate surface area is 277 Å². The second-order valence-corrected chi connectivity index (χ2v) is 22.8. The maximum absolute atomic E-state index is 13.6. The third kappa shape index (κ3) is 5.58. The van der Waals surface area contributed by atoms with Gasteiger partial charge in [-0.2, -0.15) is 0 Å². The lowest BCUT2D eigenvalue weighted by Gasteiger charge is -2.43. The molecular formula is C41H50O3SSi. The Kier molecular flexibility index (Phi) is 7.58. The summed E-state index contributed by atoms with van der Waals surface area (Å²) in [5.41, 5.74) is 0. The first-order valence-electron chi connectivity index (χ1n) is 17.9. The molecule has 10 atom stereocenters. The van der Waals surface area contributed by atoms with Gasteiger partial charge in [-0.15, -0.1) is 0 Å². The summed E-state index contributed by atoms with van der Waals surface area (Å²) in [6.07, 6.45) is 8.50. The quantitative estimate of drug-likeness (QED) is 0.186. The Balaban J connectivity index is 0.895. The molecule has 3 aromatic carbocycles. The number of sulfone groups is 1. The first-order chi connectivity index (χ1) is 22.1. The van der Waals surface area contributed by atoms with Crippen LogP contribution in [-0.2, 0) is 14.3 Å². The number of rotatable bonds is 12. The van der Waals surface area contributed by atoms with E-state index in [4.69, 9.17) is 4.43 Å². The van der Waals surface area contributed by atoms with E-state index in [2.05, 4.69) is 94.4 Å². The van der Waals surface area contributed by atoms with Crippen molar-refractivity contribution in [3.8, 4) is 0 Å². The molecule has 5 saturated carbocycles. The van der Waals surface area contributed by atoms with Gasteiger partial charge in [-0.3, -0.25) is 0 Å². The zero-order chi connectivity index (χ0) is 31.8. The maximum atomic E-state index is 13.6. The molecule has 0 amide bonds. The van der Waals surface area contributed by atoms with E-state index in [1.165, 1.54) is 36.1 Å². The Hall–Kier alpha value is -2.47. The highest BCUT2D eigenvalue weighted by Gasteiger charge is 2.64. The van der Waals surface area contributed by atoms with Crippen molar-refractivity contribution >= 4 is 28.5 Å². The molecule has 5 fully saturated rings. The SMILES string of the molecule is C[C@@H]1C[C@H]1/C(=C/[C@@H]1C[C@H]1[C@@H]1C[C@H]1[C@@H]1C[C@H]1[C@@H]1C[C@H]1CO[Si](c1ccccc1)(c1ccccc1)C(C)(C)C)S(=O)(=O)c1ccccc1. The average Bonchev–Trinajstić information content (AvgIpc) is 3.82. The van der Waals surface area contributed by atoms with Crippen LogP contribution in [-0.4, -0.2) is 23.3 Å². The first-order valence-corrected chi connectivity index (χ1v) is 21.3. The van der Waals surface area contributed by atoms with Crippen molar-refractivity contribution in [2.24, 2.45) is 59.2 Å². The van der Waals surface area contributed by atoms with Crippen LogP contribution in [0.25, 0.3) is 0 Å². The van der Waals surface area contributed by atoms with Crippen LogP contribution in [0.1, 0.15) is 59.8 Å². The number of benzene rings is 3. The standard InChI is InChI=1S/C41H50O3SSi/c1-27-20-33(27)40(45(42,43)30-14-8-5-9-15-30)23-28-21-34(28)36-24-38(36)39-25-37(39)35-22-29(35)26-44-46(41(2,3)4,31-16-10-6-11-17-31)32-18-12-7-13-19-32/h5-19,23,27-29,33-39H,20-22,24-26H2,1-4H3/b40-23-/t27-,28+,29+,33-,34-,35-,36+,37+,38-,39-/m1/s1. The van der Waals surface area contributed by atoms with Crippen LogP contribution in [0.5, 0.6) is 0 Å². The van der Waals surface area contributed by atoms with Crippen LogP contribution in [0.15, 0.2) is 107 Å². The Morgan fingerprint density at radius 2 is 1.22 bits per heavy atom. The van der Waals surface area contributed by atoms with Gasteiger partial charge in [-0.1, -0.05) is 113 Å². The van der Waals surface area contributed by atoms with Crippen LogP contribution in [0.2, 0.25) is 5.04 Å². The van der Waals surface area contributed by atoms with Crippen molar-refractivity contribution in [3.63, 3.8) is 0 Å². The Morgan fingerprint density at radius 1 is 0.717 bits per heavy atom. The van der Waals surface area contributed by atoms with Crippen LogP contribution in [0, 0.1) is 59.2 Å². The zero-order valence-electron chi connectivity index (χ0n) is 27.9. The van der Waals surface area contributed by atoms with E-state index in [1.807, 2.05) is 18.2 Å². The molecule has 0 radical (unpaired) electrons. The molecular weight excluding hydrogens is 601 g/mol. The molecule has 5 aliphatic rings. The van der Waals surface area contributed by atoms with Gasteiger partial charge in [0.15, 0.2) is 0 Å². The van der Waals surface area contributed by atoms with E-state index in [1.54, 1.807) is 12.1 Å². The van der Waals surface area contributed by atoms with Gasteiger partial charge in [-0.25, -0.2) is 8.42 Å². The minimum atomic E-state index is -3.40. The van der Waals surface area contributed by atoms with Gasteiger partial charge >= 0.3 is 0 Å². The average molecular weight is 651 g/mol. The maximum Gasteiger partial charge on any atom is 0.261 e. The molecule has 0 heterocycles. The molecule has 0 aromatic heterocycles. The smallest absolute Gasteiger partial charge is 0.261 e. The van der Waals surface area contributed by atoms with Crippen molar-refractivity contribution in [1.29, 1.82) is 0 Å². The predicted octanol–water partition coefficient (Wildman–Crippen LogP) is 8.12. The van der Waals surface area contributed by atoms with Gasteiger partial charge in [-0.05, 0) is 119 Å². The molecule has 0 spiro atoms. The van der Waals surface area contributed by atoms with Gasteiger partial charge in [0.1, 0.15) is 0 Å². The summed E-state index contributed by atoms with van der Waals surface area (Å²) in [5, 5.41) is 2.77.